The lowest BCUT2D eigenvalue weighted by molar-refractivity contribution is 0.340. The highest BCUT2D eigenvalue weighted by Crippen LogP contribution is 2.27. The molecule has 0 saturated carbocycles. The van der Waals surface area contributed by atoms with Crippen molar-refractivity contribution in [2.45, 2.75) is 38.4 Å². The molecule has 2 aliphatic rings. The van der Waals surface area contributed by atoms with E-state index in [9.17, 15) is 0 Å². The first-order valence-corrected chi connectivity index (χ1v) is 11.0. The van der Waals surface area contributed by atoms with Crippen molar-refractivity contribution in [2.75, 3.05) is 13.1 Å². The van der Waals surface area contributed by atoms with Gasteiger partial charge in [-0.15, -0.1) is 0 Å². The number of nitrogens with two attached hydrogens (primary N) is 1. The van der Waals surface area contributed by atoms with Crippen LogP contribution in [-0.2, 0) is 13.1 Å². The third kappa shape index (κ3) is 6.97. The van der Waals surface area contributed by atoms with Gasteiger partial charge in [0.15, 0.2) is 0 Å². The number of hydrogen-bond acceptors (Lipinski definition) is 4. The molecular formula is C27H34N4. The Bertz CT molecular complexity index is 899. The van der Waals surface area contributed by atoms with Gasteiger partial charge in [-0.3, -0.25) is 4.99 Å². The van der Waals surface area contributed by atoms with E-state index in [1.165, 1.54) is 17.5 Å². The predicted molar refractivity (Wildman–Crippen MR) is 132 cm³/mol. The van der Waals surface area contributed by atoms with Crippen LogP contribution in [-0.4, -0.2) is 29.7 Å². The van der Waals surface area contributed by atoms with Crippen LogP contribution in [0.3, 0.4) is 0 Å². The predicted octanol–water partition coefficient (Wildman–Crippen LogP) is 4.81. The normalized spacial score (nSPS) is 17.0. The Kier molecular flexibility index (Phi) is 8.68. The van der Waals surface area contributed by atoms with Crippen molar-refractivity contribution in [3.8, 4) is 0 Å². The molecule has 31 heavy (non-hydrogen) atoms. The molecular weight excluding hydrogens is 380 g/mol. The van der Waals surface area contributed by atoms with Gasteiger partial charge in [0.2, 0.25) is 0 Å². The molecule has 0 amide bonds. The summed E-state index contributed by atoms with van der Waals surface area (Å²) in [6.45, 7) is 11.9. The van der Waals surface area contributed by atoms with Gasteiger partial charge in [-0.05, 0) is 30.0 Å². The van der Waals surface area contributed by atoms with Crippen LogP contribution in [0.25, 0.3) is 0 Å². The van der Waals surface area contributed by atoms with Crippen molar-refractivity contribution in [1.29, 1.82) is 0 Å². The zero-order chi connectivity index (χ0) is 21.9. The van der Waals surface area contributed by atoms with Crippen LogP contribution in [0.5, 0.6) is 0 Å². The molecule has 0 spiro atoms. The van der Waals surface area contributed by atoms with Crippen molar-refractivity contribution in [3.05, 3.63) is 108 Å². The minimum Gasteiger partial charge on any atom is -0.383 e. The van der Waals surface area contributed by atoms with E-state index < -0.39 is 0 Å². The average molecular weight is 415 g/mol. The largest absolute Gasteiger partial charge is 0.383 e. The number of nitrogens with zero attached hydrogens (tertiary/aromatic N) is 2. The Morgan fingerprint density at radius 1 is 1.03 bits per heavy atom. The summed E-state index contributed by atoms with van der Waals surface area (Å²) in [5, 5.41) is 3.50. The van der Waals surface area contributed by atoms with Gasteiger partial charge in [0.1, 0.15) is 0 Å². The maximum Gasteiger partial charge on any atom is 0.0680 e. The van der Waals surface area contributed by atoms with Crippen molar-refractivity contribution in [1.82, 2.24) is 10.2 Å². The quantitative estimate of drug-likeness (QED) is 0.651. The number of allylic oxidation sites excluding steroid dienone is 2. The highest BCUT2D eigenvalue weighted by atomic mass is 15.2. The molecule has 0 aromatic heterocycles. The van der Waals surface area contributed by atoms with Crippen LogP contribution in [0.15, 0.2) is 102 Å². The lowest BCUT2D eigenvalue weighted by atomic mass is 10.1. The molecule has 0 aliphatic carbocycles. The summed E-state index contributed by atoms with van der Waals surface area (Å²) in [4.78, 5) is 6.87. The fourth-order valence-corrected chi connectivity index (χ4v) is 3.89. The summed E-state index contributed by atoms with van der Waals surface area (Å²) in [6.07, 6.45) is 7.39. The SMILES string of the molecule is C=C(NCc1ccccc1)C1CCCN1C(=C)CC1=NCC=C1.NCc1ccccc1. The molecule has 0 bridgehead atoms. The minimum atomic E-state index is 0.345. The summed E-state index contributed by atoms with van der Waals surface area (Å²) in [6, 6.07) is 20.8. The van der Waals surface area contributed by atoms with Crippen LogP contribution in [0.1, 0.15) is 30.4 Å². The molecule has 0 radical (unpaired) electrons. The Hall–Kier alpha value is -3.11. The van der Waals surface area contributed by atoms with Gasteiger partial charge < -0.3 is 16.0 Å². The van der Waals surface area contributed by atoms with Gasteiger partial charge >= 0.3 is 0 Å². The van der Waals surface area contributed by atoms with Crippen molar-refractivity contribution in [2.24, 2.45) is 10.7 Å². The van der Waals surface area contributed by atoms with E-state index in [1.807, 2.05) is 36.4 Å². The summed E-state index contributed by atoms with van der Waals surface area (Å²) in [7, 11) is 0. The number of nitrogens with one attached hydrogen (secondary N) is 1. The van der Waals surface area contributed by atoms with Crippen LogP contribution in [0, 0.1) is 0 Å². The Labute approximate surface area is 186 Å². The van der Waals surface area contributed by atoms with E-state index in [1.54, 1.807) is 0 Å². The smallest absolute Gasteiger partial charge is 0.0680 e. The number of likely N-dealkylation sites (tertiary alicyclic amines) is 1. The first kappa shape index (κ1) is 22.6. The van der Waals surface area contributed by atoms with Crippen LogP contribution < -0.4 is 11.1 Å². The molecule has 2 heterocycles. The third-order valence-corrected chi connectivity index (χ3v) is 5.60. The van der Waals surface area contributed by atoms with Crippen LogP contribution in [0.2, 0.25) is 0 Å². The summed E-state index contributed by atoms with van der Waals surface area (Å²) in [5.74, 6) is 0. The average Bonchev–Trinajstić information content (AvgIpc) is 3.51. The number of rotatable bonds is 8. The van der Waals surface area contributed by atoms with E-state index in [2.05, 4.69) is 64.8 Å². The standard InChI is InChI=1S/C20H25N3.C7H9N/c1-16(14-19-10-6-12-21-19)23-13-7-11-20(23)17(2)22-15-18-8-4-3-5-9-18;8-6-7-4-2-1-3-5-7/h3-6,8-10,20,22H,1-2,7,11-15H2;1-5H,6,8H2. The molecule has 162 valence electrons. The molecule has 4 heteroatoms. The zero-order valence-electron chi connectivity index (χ0n) is 18.3. The molecule has 2 aliphatic heterocycles. The van der Waals surface area contributed by atoms with Gasteiger partial charge in [-0.25, -0.2) is 0 Å². The molecule has 1 fully saturated rings. The van der Waals surface area contributed by atoms with Crippen molar-refractivity contribution >= 4 is 5.71 Å². The first-order chi connectivity index (χ1) is 15.2. The van der Waals surface area contributed by atoms with Crippen molar-refractivity contribution < 1.29 is 0 Å². The summed E-state index contributed by atoms with van der Waals surface area (Å²) < 4.78 is 0. The van der Waals surface area contributed by atoms with Crippen LogP contribution >= 0.6 is 0 Å². The zero-order valence-corrected chi connectivity index (χ0v) is 18.3. The monoisotopic (exact) mass is 414 g/mol. The Balaban J connectivity index is 0.000000287. The molecule has 4 nitrogen and oxygen atoms in total. The second kappa shape index (κ2) is 11.9. The van der Waals surface area contributed by atoms with E-state index in [0.29, 0.717) is 12.6 Å². The Morgan fingerprint density at radius 2 is 1.71 bits per heavy atom. The molecule has 2 aromatic carbocycles. The molecule has 1 atom stereocenters. The summed E-state index contributed by atoms with van der Waals surface area (Å²) in [5.41, 5.74) is 11.2. The van der Waals surface area contributed by atoms with Crippen LogP contribution in [0.4, 0.5) is 0 Å². The second-order valence-electron chi connectivity index (χ2n) is 7.88. The fourth-order valence-electron chi connectivity index (χ4n) is 3.89. The van der Waals surface area contributed by atoms with Gasteiger partial charge in [-0.2, -0.15) is 0 Å². The highest BCUT2D eigenvalue weighted by Gasteiger charge is 2.28. The van der Waals surface area contributed by atoms with E-state index >= 15 is 0 Å². The molecule has 1 saturated heterocycles. The maximum atomic E-state index is 5.35. The Morgan fingerprint density at radius 3 is 2.29 bits per heavy atom. The van der Waals surface area contributed by atoms with E-state index in [0.717, 1.165) is 49.6 Å². The third-order valence-electron chi connectivity index (χ3n) is 5.60. The van der Waals surface area contributed by atoms with Gasteiger partial charge in [-0.1, -0.05) is 79.9 Å². The first-order valence-electron chi connectivity index (χ1n) is 11.0. The number of benzene rings is 2. The fraction of sp³-hybridized carbons (Fsp3) is 0.296. The van der Waals surface area contributed by atoms with E-state index in [-0.39, 0.29) is 0 Å². The van der Waals surface area contributed by atoms with Gasteiger partial charge in [0.05, 0.1) is 12.6 Å². The summed E-state index contributed by atoms with van der Waals surface area (Å²) >= 11 is 0. The topological polar surface area (TPSA) is 53.6 Å². The molecule has 1 unspecified atom stereocenters. The molecule has 4 rings (SSSR count). The molecule has 2 aromatic rings. The number of aliphatic imine (C=N–C) groups is 1. The lowest BCUT2D eigenvalue weighted by Crippen LogP contribution is -2.35. The van der Waals surface area contributed by atoms with Gasteiger partial charge in [0, 0.05) is 43.2 Å². The number of hydrogen-bond donors (Lipinski definition) is 2. The minimum absolute atomic E-state index is 0.345. The second-order valence-corrected chi connectivity index (χ2v) is 7.88. The van der Waals surface area contributed by atoms with Gasteiger partial charge in [0.25, 0.3) is 0 Å². The van der Waals surface area contributed by atoms with E-state index in [4.69, 9.17) is 5.73 Å². The maximum absolute atomic E-state index is 5.35. The lowest BCUT2D eigenvalue weighted by Gasteiger charge is -2.30. The molecule has 3 N–H and O–H groups in total. The van der Waals surface area contributed by atoms with Crippen molar-refractivity contribution in [3.63, 3.8) is 0 Å². The highest BCUT2D eigenvalue weighted by molar-refractivity contribution is 5.97.